The predicted octanol–water partition coefficient (Wildman–Crippen LogP) is 3.05. The summed E-state index contributed by atoms with van der Waals surface area (Å²) in [4.78, 5) is 20.2. The number of hydrogen-bond acceptors (Lipinski definition) is 5. The van der Waals surface area contributed by atoms with Crippen LogP contribution in [0, 0.1) is 6.92 Å². The van der Waals surface area contributed by atoms with Crippen LogP contribution >= 0.6 is 11.3 Å². The third-order valence-corrected chi connectivity index (χ3v) is 6.06. The SMILES string of the molecule is COc1c(C2CCCN2C(=O)c2cnc(C3CC3)s2)c(C)nn1C. The molecule has 3 heterocycles. The number of carbonyl (C=O) groups is 1. The van der Waals surface area contributed by atoms with Crippen molar-refractivity contribution in [3.8, 4) is 5.88 Å². The van der Waals surface area contributed by atoms with Crippen molar-refractivity contribution >= 4 is 17.2 Å². The molecule has 1 saturated carbocycles. The second-order valence-electron chi connectivity index (χ2n) is 6.63. The number of carbonyl (C=O) groups excluding carboxylic acids is 1. The van der Waals surface area contributed by atoms with Gasteiger partial charge in [-0.15, -0.1) is 11.3 Å². The lowest BCUT2D eigenvalue weighted by atomic mass is 10.0. The van der Waals surface area contributed by atoms with E-state index < -0.39 is 0 Å². The first kappa shape index (κ1) is 15.6. The van der Waals surface area contributed by atoms with Crippen molar-refractivity contribution < 1.29 is 9.53 Å². The molecule has 0 N–H and O–H groups in total. The molecule has 2 aromatic heterocycles. The van der Waals surface area contributed by atoms with Crippen LogP contribution < -0.4 is 4.74 Å². The zero-order valence-corrected chi connectivity index (χ0v) is 15.1. The number of methoxy groups -OCH3 is 1. The van der Waals surface area contributed by atoms with E-state index >= 15 is 0 Å². The van der Waals surface area contributed by atoms with E-state index in [2.05, 4.69) is 10.1 Å². The van der Waals surface area contributed by atoms with Crippen LogP contribution in [0.3, 0.4) is 0 Å². The molecule has 128 valence electrons. The van der Waals surface area contributed by atoms with Crippen molar-refractivity contribution in [2.45, 2.75) is 44.6 Å². The van der Waals surface area contributed by atoms with E-state index in [-0.39, 0.29) is 11.9 Å². The average Bonchev–Trinajstić information content (AvgIpc) is 3.00. The third kappa shape index (κ3) is 2.51. The molecular formula is C17H22N4O2S. The topological polar surface area (TPSA) is 60.2 Å². The number of likely N-dealkylation sites (tertiary alicyclic amines) is 1. The van der Waals surface area contributed by atoms with Crippen LogP contribution in [0.15, 0.2) is 6.20 Å². The first-order chi connectivity index (χ1) is 11.6. The highest BCUT2D eigenvalue weighted by Crippen LogP contribution is 2.43. The Morgan fingerprint density at radius 2 is 2.17 bits per heavy atom. The standard InChI is InChI=1S/C17H22N4O2S/c1-10-14(17(23-3)20(2)19-10)12-5-4-8-21(12)16(22)13-9-18-15(24-13)11-6-7-11/h9,11-12H,4-8H2,1-3H3. The zero-order chi connectivity index (χ0) is 16.8. The van der Waals surface area contributed by atoms with E-state index in [0.717, 1.165) is 46.4 Å². The summed E-state index contributed by atoms with van der Waals surface area (Å²) in [5, 5.41) is 5.59. The molecule has 0 spiro atoms. The second kappa shape index (κ2) is 5.88. The van der Waals surface area contributed by atoms with Gasteiger partial charge in [0.05, 0.1) is 35.6 Å². The van der Waals surface area contributed by atoms with Gasteiger partial charge in [0, 0.05) is 19.5 Å². The van der Waals surface area contributed by atoms with Crippen LogP contribution in [0.1, 0.15) is 63.6 Å². The molecular weight excluding hydrogens is 324 g/mol. The van der Waals surface area contributed by atoms with Crippen LogP contribution in [-0.2, 0) is 7.05 Å². The van der Waals surface area contributed by atoms with Gasteiger partial charge in [-0.2, -0.15) is 5.10 Å². The fourth-order valence-corrected chi connectivity index (χ4v) is 4.68. The Kier molecular flexibility index (Phi) is 3.83. The van der Waals surface area contributed by atoms with Crippen molar-refractivity contribution in [1.82, 2.24) is 19.7 Å². The number of thiazole rings is 1. The maximum absolute atomic E-state index is 13.0. The highest BCUT2D eigenvalue weighted by Gasteiger charge is 2.36. The van der Waals surface area contributed by atoms with E-state index in [4.69, 9.17) is 4.74 Å². The molecule has 6 nitrogen and oxygen atoms in total. The molecule has 0 aromatic carbocycles. The Bertz CT molecular complexity index is 778. The van der Waals surface area contributed by atoms with Gasteiger partial charge in [0.2, 0.25) is 5.88 Å². The van der Waals surface area contributed by atoms with Crippen LogP contribution in [-0.4, -0.2) is 39.2 Å². The van der Waals surface area contributed by atoms with E-state index in [1.807, 2.05) is 18.9 Å². The number of ether oxygens (including phenoxy) is 1. The van der Waals surface area contributed by atoms with Crippen LogP contribution in [0.25, 0.3) is 0 Å². The Morgan fingerprint density at radius 1 is 1.38 bits per heavy atom. The predicted molar refractivity (Wildman–Crippen MR) is 91.6 cm³/mol. The van der Waals surface area contributed by atoms with Crippen molar-refractivity contribution in [3.05, 3.63) is 27.3 Å². The molecule has 2 fully saturated rings. The summed E-state index contributed by atoms with van der Waals surface area (Å²) < 4.78 is 7.29. The normalized spacial score (nSPS) is 20.6. The first-order valence-corrected chi connectivity index (χ1v) is 9.26. The molecule has 1 amide bonds. The number of hydrogen-bond donors (Lipinski definition) is 0. The van der Waals surface area contributed by atoms with Crippen molar-refractivity contribution in [3.63, 3.8) is 0 Å². The fraction of sp³-hybridized carbons (Fsp3) is 0.588. The monoisotopic (exact) mass is 346 g/mol. The van der Waals surface area contributed by atoms with Gasteiger partial charge in [-0.3, -0.25) is 4.79 Å². The Morgan fingerprint density at radius 3 is 2.88 bits per heavy atom. The minimum Gasteiger partial charge on any atom is -0.481 e. The van der Waals surface area contributed by atoms with Crippen LogP contribution in [0.5, 0.6) is 5.88 Å². The van der Waals surface area contributed by atoms with Gasteiger partial charge >= 0.3 is 0 Å². The quantitative estimate of drug-likeness (QED) is 0.854. The van der Waals surface area contributed by atoms with Gasteiger partial charge in [0.25, 0.3) is 5.91 Å². The minimum absolute atomic E-state index is 0.0348. The summed E-state index contributed by atoms with van der Waals surface area (Å²) >= 11 is 1.56. The maximum atomic E-state index is 13.0. The molecule has 1 aliphatic carbocycles. The van der Waals surface area contributed by atoms with E-state index in [1.54, 1.807) is 29.3 Å². The highest BCUT2D eigenvalue weighted by atomic mass is 32.1. The molecule has 1 saturated heterocycles. The number of aryl methyl sites for hydroxylation is 2. The van der Waals surface area contributed by atoms with Gasteiger partial charge in [-0.25, -0.2) is 9.67 Å². The smallest absolute Gasteiger partial charge is 0.266 e. The minimum atomic E-state index is 0.0348. The van der Waals surface area contributed by atoms with Gasteiger partial charge in [0.15, 0.2) is 0 Å². The van der Waals surface area contributed by atoms with Gasteiger partial charge in [0.1, 0.15) is 4.88 Å². The summed E-state index contributed by atoms with van der Waals surface area (Å²) in [7, 11) is 3.54. The fourth-order valence-electron chi connectivity index (χ4n) is 3.64. The summed E-state index contributed by atoms with van der Waals surface area (Å²) in [6.45, 7) is 2.76. The van der Waals surface area contributed by atoms with Crippen LogP contribution in [0.4, 0.5) is 0 Å². The van der Waals surface area contributed by atoms with E-state index in [9.17, 15) is 4.79 Å². The summed E-state index contributed by atoms with van der Waals surface area (Å²) in [6.07, 6.45) is 6.12. The number of amides is 1. The number of aromatic nitrogens is 3. The molecule has 1 atom stereocenters. The second-order valence-corrected chi connectivity index (χ2v) is 7.69. The Labute approximate surface area is 145 Å². The lowest BCUT2D eigenvalue weighted by Crippen LogP contribution is -2.30. The molecule has 24 heavy (non-hydrogen) atoms. The van der Waals surface area contributed by atoms with Crippen molar-refractivity contribution in [2.75, 3.05) is 13.7 Å². The van der Waals surface area contributed by atoms with Gasteiger partial charge < -0.3 is 9.64 Å². The lowest BCUT2D eigenvalue weighted by Gasteiger charge is -2.24. The third-order valence-electron chi connectivity index (χ3n) is 4.92. The molecule has 0 bridgehead atoms. The van der Waals surface area contributed by atoms with Crippen LogP contribution in [0.2, 0.25) is 0 Å². The molecule has 0 radical (unpaired) electrons. The number of rotatable bonds is 4. The molecule has 4 rings (SSSR count). The maximum Gasteiger partial charge on any atom is 0.266 e. The Hall–Kier alpha value is -1.89. The number of nitrogens with zero attached hydrogens (tertiary/aromatic N) is 4. The molecule has 1 unspecified atom stereocenters. The van der Waals surface area contributed by atoms with Crippen molar-refractivity contribution in [2.24, 2.45) is 7.05 Å². The largest absolute Gasteiger partial charge is 0.481 e. The van der Waals surface area contributed by atoms with Gasteiger partial charge in [-0.05, 0) is 32.6 Å². The lowest BCUT2D eigenvalue weighted by molar-refractivity contribution is 0.0738. The molecule has 7 heteroatoms. The molecule has 2 aromatic rings. The summed E-state index contributed by atoms with van der Waals surface area (Å²) in [5.41, 5.74) is 1.97. The van der Waals surface area contributed by atoms with E-state index in [0.29, 0.717) is 5.92 Å². The van der Waals surface area contributed by atoms with E-state index in [1.165, 1.54) is 12.8 Å². The molecule has 2 aliphatic rings. The zero-order valence-electron chi connectivity index (χ0n) is 14.3. The van der Waals surface area contributed by atoms with Crippen molar-refractivity contribution in [1.29, 1.82) is 0 Å². The summed E-state index contributed by atoms with van der Waals surface area (Å²) in [6, 6.07) is 0.0348. The molecule has 1 aliphatic heterocycles. The first-order valence-electron chi connectivity index (χ1n) is 8.44. The van der Waals surface area contributed by atoms with Gasteiger partial charge in [-0.1, -0.05) is 0 Å². The average molecular weight is 346 g/mol. The Balaban J connectivity index is 1.63. The highest BCUT2D eigenvalue weighted by molar-refractivity contribution is 7.13. The summed E-state index contributed by atoms with van der Waals surface area (Å²) in [5.74, 6) is 1.43.